The van der Waals surface area contributed by atoms with E-state index in [2.05, 4.69) is 0 Å². The van der Waals surface area contributed by atoms with Crippen molar-refractivity contribution in [3.05, 3.63) is 17.7 Å². The van der Waals surface area contributed by atoms with Crippen molar-refractivity contribution in [2.45, 2.75) is 17.9 Å². The molecule has 2 aliphatic rings. The molecule has 19 heavy (non-hydrogen) atoms. The average Bonchev–Trinajstić information content (AvgIpc) is 2.65. The zero-order chi connectivity index (χ0) is 13.5. The lowest BCUT2D eigenvalue weighted by Crippen LogP contribution is -2.25. The SMILES string of the molecule is O=S1(=O)c2cc3c(cc2CN1CCCCl)OCCO3. The minimum Gasteiger partial charge on any atom is -0.486 e. The van der Waals surface area contributed by atoms with Gasteiger partial charge in [0, 0.05) is 25.0 Å². The predicted molar refractivity (Wildman–Crippen MR) is 70.4 cm³/mol. The highest BCUT2D eigenvalue weighted by Crippen LogP contribution is 2.40. The molecule has 7 heteroatoms. The molecule has 104 valence electrons. The Bertz CT molecular complexity index is 602. The highest BCUT2D eigenvalue weighted by molar-refractivity contribution is 7.89. The number of sulfonamides is 1. The summed E-state index contributed by atoms with van der Waals surface area (Å²) in [7, 11) is -3.41. The Morgan fingerprint density at radius 3 is 2.58 bits per heavy atom. The van der Waals surface area contributed by atoms with Gasteiger partial charge >= 0.3 is 0 Å². The van der Waals surface area contributed by atoms with E-state index in [1.165, 1.54) is 4.31 Å². The smallest absolute Gasteiger partial charge is 0.243 e. The quantitative estimate of drug-likeness (QED) is 0.796. The van der Waals surface area contributed by atoms with Crippen molar-refractivity contribution in [2.75, 3.05) is 25.6 Å². The van der Waals surface area contributed by atoms with Gasteiger partial charge in [0.1, 0.15) is 13.2 Å². The first-order valence-electron chi connectivity index (χ1n) is 6.11. The van der Waals surface area contributed by atoms with Gasteiger partial charge in [-0.2, -0.15) is 4.31 Å². The second-order valence-corrected chi connectivity index (χ2v) is 6.77. The number of alkyl halides is 1. The average molecular weight is 304 g/mol. The molecule has 0 aliphatic carbocycles. The number of benzene rings is 1. The van der Waals surface area contributed by atoms with Crippen LogP contribution in [0.3, 0.4) is 0 Å². The molecular formula is C12H14ClNO4S. The standard InChI is InChI=1S/C12H14ClNO4S/c13-2-1-3-14-8-9-6-10-11(18-5-4-17-10)7-12(9)19(14,15)16/h6-7H,1-5,8H2. The molecule has 0 fully saturated rings. The number of ether oxygens (including phenoxy) is 2. The third-order valence-corrected chi connectivity index (χ3v) is 5.43. The summed E-state index contributed by atoms with van der Waals surface area (Å²) >= 11 is 5.63. The van der Waals surface area contributed by atoms with Crippen molar-refractivity contribution >= 4 is 21.6 Å². The monoisotopic (exact) mass is 303 g/mol. The highest BCUT2D eigenvalue weighted by atomic mass is 35.5. The molecule has 0 amide bonds. The van der Waals surface area contributed by atoms with Crippen molar-refractivity contribution in [3.63, 3.8) is 0 Å². The zero-order valence-corrected chi connectivity index (χ0v) is 11.8. The van der Waals surface area contributed by atoms with Crippen molar-refractivity contribution in [1.82, 2.24) is 4.31 Å². The minimum absolute atomic E-state index is 0.325. The van der Waals surface area contributed by atoms with Crippen LogP contribution in [0.1, 0.15) is 12.0 Å². The van der Waals surface area contributed by atoms with E-state index in [-0.39, 0.29) is 0 Å². The number of hydrogen-bond donors (Lipinski definition) is 0. The second-order valence-electron chi connectivity index (χ2n) is 4.48. The molecule has 0 bridgehead atoms. The summed E-state index contributed by atoms with van der Waals surface area (Å²) in [6.45, 7) is 1.76. The third-order valence-electron chi connectivity index (χ3n) is 3.23. The van der Waals surface area contributed by atoms with E-state index in [0.29, 0.717) is 55.0 Å². The third kappa shape index (κ3) is 2.17. The molecule has 2 heterocycles. The lowest BCUT2D eigenvalue weighted by molar-refractivity contribution is 0.171. The van der Waals surface area contributed by atoms with E-state index in [1.807, 2.05) is 0 Å². The van der Waals surface area contributed by atoms with Gasteiger partial charge in [0.25, 0.3) is 0 Å². The van der Waals surface area contributed by atoms with E-state index < -0.39 is 10.0 Å². The molecule has 0 radical (unpaired) electrons. The van der Waals surface area contributed by atoms with Gasteiger partial charge in [-0.05, 0) is 18.1 Å². The molecule has 0 unspecified atom stereocenters. The molecule has 3 rings (SSSR count). The highest BCUT2D eigenvalue weighted by Gasteiger charge is 2.36. The topological polar surface area (TPSA) is 55.8 Å². The largest absolute Gasteiger partial charge is 0.486 e. The maximum absolute atomic E-state index is 12.4. The van der Waals surface area contributed by atoms with E-state index in [9.17, 15) is 8.42 Å². The van der Waals surface area contributed by atoms with E-state index in [4.69, 9.17) is 21.1 Å². The Hall–Kier alpha value is -0.980. The van der Waals surface area contributed by atoms with Gasteiger partial charge in [-0.3, -0.25) is 0 Å². The molecule has 0 aromatic heterocycles. The Morgan fingerprint density at radius 1 is 1.21 bits per heavy atom. The first-order chi connectivity index (χ1) is 9.13. The van der Waals surface area contributed by atoms with Crippen molar-refractivity contribution in [2.24, 2.45) is 0 Å². The summed E-state index contributed by atoms with van der Waals surface area (Å²) in [4.78, 5) is 0.325. The van der Waals surface area contributed by atoms with Gasteiger partial charge in [-0.15, -0.1) is 11.6 Å². The molecule has 2 aliphatic heterocycles. The molecule has 0 spiro atoms. The Balaban J connectivity index is 1.98. The van der Waals surface area contributed by atoms with Gasteiger partial charge in [-0.1, -0.05) is 0 Å². The van der Waals surface area contributed by atoms with Crippen LogP contribution >= 0.6 is 11.6 Å². The number of rotatable bonds is 3. The minimum atomic E-state index is -3.41. The Labute approximate surface area is 117 Å². The van der Waals surface area contributed by atoms with Crippen LogP contribution in [0.25, 0.3) is 0 Å². The number of nitrogens with zero attached hydrogens (tertiary/aromatic N) is 1. The van der Waals surface area contributed by atoms with E-state index >= 15 is 0 Å². The van der Waals surface area contributed by atoms with Crippen LogP contribution in [-0.2, 0) is 16.6 Å². The lowest BCUT2D eigenvalue weighted by atomic mass is 10.2. The molecule has 1 aromatic carbocycles. The molecule has 0 N–H and O–H groups in total. The van der Waals surface area contributed by atoms with Crippen LogP contribution in [0, 0.1) is 0 Å². The fourth-order valence-corrected chi connectivity index (χ4v) is 4.11. The van der Waals surface area contributed by atoms with Crippen molar-refractivity contribution in [1.29, 1.82) is 0 Å². The molecule has 5 nitrogen and oxygen atoms in total. The summed E-state index contributed by atoms with van der Waals surface area (Å²) in [6, 6.07) is 3.34. The Kier molecular flexibility index (Phi) is 3.32. The van der Waals surface area contributed by atoms with Gasteiger partial charge in [-0.25, -0.2) is 8.42 Å². The summed E-state index contributed by atoms with van der Waals surface area (Å²) in [5, 5.41) is 0. The molecular weight excluding hydrogens is 290 g/mol. The second kappa shape index (κ2) is 4.85. The first kappa shape index (κ1) is 13.0. The van der Waals surface area contributed by atoms with Crippen LogP contribution in [0.5, 0.6) is 11.5 Å². The molecule has 0 saturated heterocycles. The van der Waals surface area contributed by atoms with Crippen LogP contribution in [-0.4, -0.2) is 38.4 Å². The van der Waals surface area contributed by atoms with Crippen LogP contribution < -0.4 is 9.47 Å². The number of hydrogen-bond acceptors (Lipinski definition) is 4. The van der Waals surface area contributed by atoms with Crippen molar-refractivity contribution < 1.29 is 17.9 Å². The summed E-state index contributed by atoms with van der Waals surface area (Å²) in [6.07, 6.45) is 0.640. The summed E-state index contributed by atoms with van der Waals surface area (Å²) in [5.41, 5.74) is 0.763. The Morgan fingerprint density at radius 2 is 1.89 bits per heavy atom. The van der Waals surface area contributed by atoms with Crippen LogP contribution in [0.2, 0.25) is 0 Å². The molecule has 0 saturated carbocycles. The van der Waals surface area contributed by atoms with E-state index in [0.717, 1.165) is 5.56 Å². The van der Waals surface area contributed by atoms with Gasteiger partial charge < -0.3 is 9.47 Å². The molecule has 0 atom stereocenters. The molecule has 1 aromatic rings. The zero-order valence-electron chi connectivity index (χ0n) is 10.3. The van der Waals surface area contributed by atoms with Gasteiger partial charge in [0.15, 0.2) is 11.5 Å². The van der Waals surface area contributed by atoms with Gasteiger partial charge in [0.2, 0.25) is 10.0 Å². The predicted octanol–water partition coefficient (Wildman–Crippen LogP) is 1.59. The fraction of sp³-hybridized carbons (Fsp3) is 0.500. The number of halogens is 1. The lowest BCUT2D eigenvalue weighted by Gasteiger charge is -2.18. The van der Waals surface area contributed by atoms with Crippen LogP contribution in [0.4, 0.5) is 0 Å². The van der Waals surface area contributed by atoms with Crippen LogP contribution in [0.15, 0.2) is 17.0 Å². The first-order valence-corrected chi connectivity index (χ1v) is 8.09. The van der Waals surface area contributed by atoms with E-state index in [1.54, 1.807) is 12.1 Å². The van der Waals surface area contributed by atoms with Crippen molar-refractivity contribution in [3.8, 4) is 11.5 Å². The fourth-order valence-electron chi connectivity index (χ4n) is 2.33. The van der Waals surface area contributed by atoms with Gasteiger partial charge in [0.05, 0.1) is 4.90 Å². The summed E-state index contributed by atoms with van der Waals surface area (Å²) < 4.78 is 37.1. The normalized spacial score (nSPS) is 20.3. The maximum Gasteiger partial charge on any atom is 0.243 e. The number of fused-ring (bicyclic) bond motifs is 2. The summed E-state index contributed by atoms with van der Waals surface area (Å²) in [5.74, 6) is 1.58. The maximum atomic E-state index is 12.4.